The highest BCUT2D eigenvalue weighted by Gasteiger charge is 2.44. The molecule has 4 aromatic carbocycles. The summed E-state index contributed by atoms with van der Waals surface area (Å²) >= 11 is 0. The van der Waals surface area contributed by atoms with Crippen LogP contribution in [0.5, 0.6) is 0 Å². The highest BCUT2D eigenvalue weighted by atomic mass is 15.1. The van der Waals surface area contributed by atoms with Crippen molar-refractivity contribution in [1.82, 2.24) is 0 Å². The maximum Gasteiger partial charge on any atom is 0.0464 e. The van der Waals surface area contributed by atoms with E-state index < -0.39 is 0 Å². The van der Waals surface area contributed by atoms with Crippen molar-refractivity contribution < 1.29 is 0 Å². The fourth-order valence-corrected chi connectivity index (χ4v) is 5.88. The van der Waals surface area contributed by atoms with Gasteiger partial charge >= 0.3 is 0 Å². The van der Waals surface area contributed by atoms with Gasteiger partial charge in [-0.25, -0.2) is 0 Å². The molecule has 0 saturated heterocycles. The van der Waals surface area contributed by atoms with Crippen LogP contribution in [0.25, 0.3) is 11.1 Å². The molecule has 172 valence electrons. The summed E-state index contributed by atoms with van der Waals surface area (Å²) < 4.78 is 0. The first-order chi connectivity index (χ1) is 17.0. The molecule has 0 bridgehead atoms. The molecule has 0 heterocycles. The monoisotopic (exact) mass is 453 g/mol. The Balaban J connectivity index is 1.46. The molecule has 2 atom stereocenters. The standard InChI is InChI=1S/C34H31N/c1-24-13-17-27(18-14-24)35(28-19-15-26(16-20-28)25-9-5-4-6-10-25)29-21-22-31-30-11-7-8-12-32(30)34(2,3)33(31)23-29/h4-23,30,32H,1-3H3. The van der Waals surface area contributed by atoms with Crippen LogP contribution >= 0.6 is 0 Å². The number of aryl methyl sites for hydroxylation is 1. The number of benzene rings is 4. The summed E-state index contributed by atoms with van der Waals surface area (Å²) in [6.07, 6.45) is 9.18. The Kier molecular flexibility index (Phi) is 5.22. The van der Waals surface area contributed by atoms with Crippen molar-refractivity contribution in [1.29, 1.82) is 0 Å². The zero-order chi connectivity index (χ0) is 24.0. The van der Waals surface area contributed by atoms with Crippen LogP contribution in [-0.2, 0) is 5.41 Å². The fourth-order valence-electron chi connectivity index (χ4n) is 5.88. The Hall–Kier alpha value is -3.84. The minimum absolute atomic E-state index is 0.0907. The first kappa shape index (κ1) is 21.7. The lowest BCUT2D eigenvalue weighted by atomic mass is 9.74. The average Bonchev–Trinajstić information content (AvgIpc) is 3.13. The van der Waals surface area contributed by atoms with Crippen LogP contribution in [0.2, 0.25) is 0 Å². The number of fused-ring (bicyclic) bond motifs is 3. The van der Waals surface area contributed by atoms with E-state index >= 15 is 0 Å². The minimum Gasteiger partial charge on any atom is -0.310 e. The average molecular weight is 454 g/mol. The summed E-state index contributed by atoms with van der Waals surface area (Å²) in [6, 6.07) is 35.5. The van der Waals surface area contributed by atoms with Crippen LogP contribution in [0, 0.1) is 12.8 Å². The molecule has 0 N–H and O–H groups in total. The number of nitrogens with zero attached hydrogens (tertiary/aromatic N) is 1. The molecule has 1 nitrogen and oxygen atoms in total. The number of hydrogen-bond acceptors (Lipinski definition) is 1. The third-order valence-electron chi connectivity index (χ3n) is 7.84. The van der Waals surface area contributed by atoms with Gasteiger partial charge in [0.15, 0.2) is 0 Å². The highest BCUT2D eigenvalue weighted by Crippen LogP contribution is 2.54. The lowest BCUT2D eigenvalue weighted by Crippen LogP contribution is -2.24. The molecule has 0 amide bonds. The van der Waals surface area contributed by atoms with Crippen molar-refractivity contribution in [3.8, 4) is 11.1 Å². The number of anilines is 3. The van der Waals surface area contributed by atoms with E-state index in [0.29, 0.717) is 11.8 Å². The molecular weight excluding hydrogens is 422 g/mol. The molecule has 0 spiro atoms. The topological polar surface area (TPSA) is 3.24 Å². The van der Waals surface area contributed by atoms with Gasteiger partial charge in [-0.3, -0.25) is 0 Å². The molecule has 0 fully saturated rings. The first-order valence-electron chi connectivity index (χ1n) is 12.5. The van der Waals surface area contributed by atoms with Crippen LogP contribution in [0.1, 0.15) is 36.5 Å². The Labute approximate surface area is 209 Å². The molecule has 0 aliphatic heterocycles. The fraction of sp³-hybridized carbons (Fsp3) is 0.176. The Bertz CT molecular complexity index is 1410. The van der Waals surface area contributed by atoms with Gasteiger partial charge in [-0.15, -0.1) is 0 Å². The third kappa shape index (κ3) is 3.72. The normalized spacial score (nSPS) is 19.3. The van der Waals surface area contributed by atoms with Crippen LogP contribution in [0.4, 0.5) is 17.1 Å². The van der Waals surface area contributed by atoms with Crippen molar-refractivity contribution in [2.24, 2.45) is 5.92 Å². The Morgan fingerprint density at radius 3 is 1.94 bits per heavy atom. The predicted molar refractivity (Wildman–Crippen MR) is 149 cm³/mol. The molecule has 0 aromatic heterocycles. The minimum atomic E-state index is 0.0907. The molecule has 4 aromatic rings. The third-order valence-corrected chi connectivity index (χ3v) is 7.84. The molecule has 35 heavy (non-hydrogen) atoms. The van der Waals surface area contributed by atoms with E-state index in [2.05, 4.69) is 147 Å². The maximum atomic E-state index is 2.43. The summed E-state index contributed by atoms with van der Waals surface area (Å²) in [6.45, 7) is 6.94. The van der Waals surface area contributed by atoms with Crippen LogP contribution in [-0.4, -0.2) is 0 Å². The smallest absolute Gasteiger partial charge is 0.0464 e. The van der Waals surface area contributed by atoms with Gasteiger partial charge in [-0.05, 0) is 76.9 Å². The highest BCUT2D eigenvalue weighted by molar-refractivity contribution is 5.79. The van der Waals surface area contributed by atoms with E-state index in [1.54, 1.807) is 0 Å². The molecule has 6 rings (SSSR count). The van der Waals surface area contributed by atoms with Gasteiger partial charge in [0, 0.05) is 23.0 Å². The number of allylic oxidation sites excluding steroid dienone is 4. The second-order valence-electron chi connectivity index (χ2n) is 10.4. The van der Waals surface area contributed by atoms with Crippen molar-refractivity contribution in [2.75, 3.05) is 4.90 Å². The van der Waals surface area contributed by atoms with Crippen LogP contribution in [0.3, 0.4) is 0 Å². The van der Waals surface area contributed by atoms with Gasteiger partial charge in [-0.1, -0.05) is 104 Å². The van der Waals surface area contributed by atoms with Gasteiger partial charge in [0.05, 0.1) is 0 Å². The zero-order valence-corrected chi connectivity index (χ0v) is 20.6. The quantitative estimate of drug-likeness (QED) is 0.298. The number of hydrogen-bond donors (Lipinski definition) is 0. The summed E-state index contributed by atoms with van der Waals surface area (Å²) in [5.74, 6) is 0.979. The molecule has 2 unspecified atom stereocenters. The molecule has 1 heteroatoms. The van der Waals surface area contributed by atoms with E-state index in [4.69, 9.17) is 0 Å². The zero-order valence-electron chi connectivity index (χ0n) is 20.6. The van der Waals surface area contributed by atoms with E-state index in [1.807, 2.05) is 0 Å². The summed E-state index contributed by atoms with van der Waals surface area (Å²) in [7, 11) is 0. The van der Waals surface area contributed by atoms with Gasteiger partial charge < -0.3 is 4.90 Å². The van der Waals surface area contributed by atoms with Crippen molar-refractivity contribution in [3.05, 3.63) is 138 Å². The van der Waals surface area contributed by atoms with Crippen molar-refractivity contribution in [3.63, 3.8) is 0 Å². The largest absolute Gasteiger partial charge is 0.310 e. The molecule has 0 radical (unpaired) electrons. The summed E-state index contributed by atoms with van der Waals surface area (Å²) in [5, 5.41) is 0. The number of rotatable bonds is 4. The van der Waals surface area contributed by atoms with Crippen molar-refractivity contribution >= 4 is 17.1 Å². The Morgan fingerprint density at radius 1 is 0.629 bits per heavy atom. The summed E-state index contributed by atoms with van der Waals surface area (Å²) in [4.78, 5) is 2.39. The summed E-state index contributed by atoms with van der Waals surface area (Å²) in [5.41, 5.74) is 10.3. The lowest BCUT2D eigenvalue weighted by Gasteiger charge is -2.30. The molecular formula is C34H31N. The van der Waals surface area contributed by atoms with Gasteiger partial charge in [0.25, 0.3) is 0 Å². The second kappa shape index (κ2) is 8.43. The van der Waals surface area contributed by atoms with E-state index in [0.717, 1.165) is 0 Å². The second-order valence-corrected chi connectivity index (χ2v) is 10.4. The van der Waals surface area contributed by atoms with E-state index in [9.17, 15) is 0 Å². The molecule has 0 saturated carbocycles. The van der Waals surface area contributed by atoms with Gasteiger partial charge in [0.2, 0.25) is 0 Å². The van der Waals surface area contributed by atoms with Crippen molar-refractivity contribution in [2.45, 2.75) is 32.1 Å². The van der Waals surface area contributed by atoms with Crippen LogP contribution in [0.15, 0.2) is 121 Å². The first-order valence-corrected chi connectivity index (χ1v) is 12.5. The van der Waals surface area contributed by atoms with Gasteiger partial charge in [-0.2, -0.15) is 0 Å². The molecule has 2 aliphatic carbocycles. The lowest BCUT2D eigenvalue weighted by molar-refractivity contribution is 0.394. The SMILES string of the molecule is Cc1ccc(N(c2ccc(-c3ccccc3)cc2)c2ccc3c(c2)C(C)(C)C2C=CC=CC32)cc1. The Morgan fingerprint density at radius 2 is 1.23 bits per heavy atom. The maximum absolute atomic E-state index is 2.43. The predicted octanol–water partition coefficient (Wildman–Crippen LogP) is 9.25. The molecule has 2 aliphatic rings. The van der Waals surface area contributed by atoms with E-state index in [1.165, 1.54) is 44.9 Å². The van der Waals surface area contributed by atoms with Gasteiger partial charge in [0.1, 0.15) is 0 Å². The van der Waals surface area contributed by atoms with Crippen LogP contribution < -0.4 is 4.90 Å². The van der Waals surface area contributed by atoms with E-state index in [-0.39, 0.29) is 5.41 Å².